The summed E-state index contributed by atoms with van der Waals surface area (Å²) in [7, 11) is 0. The fourth-order valence-electron chi connectivity index (χ4n) is 3.46. The van der Waals surface area contributed by atoms with E-state index in [2.05, 4.69) is 33.7 Å². The molecule has 4 rings (SSSR count). The number of morpholine rings is 1. The summed E-state index contributed by atoms with van der Waals surface area (Å²) in [6.07, 6.45) is 2.14. The zero-order chi connectivity index (χ0) is 18.3. The largest absolute Gasteiger partial charge is 0.372 e. The minimum Gasteiger partial charge on any atom is -0.372 e. The highest BCUT2D eigenvalue weighted by atomic mass is 19.1. The molecule has 0 amide bonds. The normalized spacial score (nSPS) is 20.5. The first-order valence-corrected chi connectivity index (χ1v) is 8.80. The zero-order valence-electron chi connectivity index (χ0n) is 15.1. The van der Waals surface area contributed by atoms with Gasteiger partial charge < -0.3 is 9.64 Å². The van der Waals surface area contributed by atoms with E-state index in [1.165, 1.54) is 12.1 Å². The summed E-state index contributed by atoms with van der Waals surface area (Å²) < 4.78 is 19.3. The molecule has 6 heteroatoms. The minimum absolute atomic E-state index is 0.182. The summed E-state index contributed by atoms with van der Waals surface area (Å²) in [6, 6.07) is 8.53. The molecule has 1 fully saturated rings. The van der Waals surface area contributed by atoms with Gasteiger partial charge in [0, 0.05) is 42.0 Å². The van der Waals surface area contributed by atoms with Crippen LogP contribution in [0.3, 0.4) is 0 Å². The molecule has 1 aromatic carbocycles. The lowest BCUT2D eigenvalue weighted by Gasteiger charge is -2.36. The average Bonchev–Trinajstić information content (AvgIpc) is 2.60. The smallest absolute Gasteiger partial charge is 0.161 e. The molecule has 3 heterocycles. The van der Waals surface area contributed by atoms with Crippen molar-refractivity contribution in [3.05, 3.63) is 48.0 Å². The van der Waals surface area contributed by atoms with Crippen molar-refractivity contribution in [3.63, 3.8) is 0 Å². The van der Waals surface area contributed by atoms with Gasteiger partial charge in [0.25, 0.3) is 0 Å². The highest BCUT2D eigenvalue weighted by Crippen LogP contribution is 2.24. The monoisotopic (exact) mass is 352 g/mol. The second-order valence-corrected chi connectivity index (χ2v) is 6.86. The molecule has 0 spiro atoms. The molecule has 1 saturated heterocycles. The van der Waals surface area contributed by atoms with Crippen LogP contribution < -0.4 is 4.90 Å². The molecular formula is C20H21FN4O. The van der Waals surface area contributed by atoms with Crippen molar-refractivity contribution in [1.29, 1.82) is 0 Å². The van der Waals surface area contributed by atoms with Crippen LogP contribution in [0.25, 0.3) is 22.3 Å². The Morgan fingerprint density at radius 1 is 1.08 bits per heavy atom. The molecule has 5 nitrogen and oxygen atoms in total. The van der Waals surface area contributed by atoms with Crippen LogP contribution in [-0.4, -0.2) is 40.2 Å². The Morgan fingerprint density at radius 3 is 2.54 bits per heavy atom. The molecule has 0 bridgehead atoms. The van der Waals surface area contributed by atoms with Gasteiger partial charge in [0.05, 0.1) is 17.7 Å². The number of aryl methyl sites for hydroxylation is 1. The summed E-state index contributed by atoms with van der Waals surface area (Å²) >= 11 is 0. The molecular weight excluding hydrogens is 331 g/mol. The summed E-state index contributed by atoms with van der Waals surface area (Å²) in [5.41, 5.74) is 2.25. The number of fused-ring (bicyclic) bond motifs is 1. The van der Waals surface area contributed by atoms with Gasteiger partial charge in [-0.3, -0.25) is 0 Å². The van der Waals surface area contributed by atoms with Crippen molar-refractivity contribution < 1.29 is 9.13 Å². The van der Waals surface area contributed by atoms with Crippen LogP contribution in [0.5, 0.6) is 0 Å². The van der Waals surface area contributed by atoms with Crippen LogP contribution in [0.1, 0.15) is 19.5 Å². The van der Waals surface area contributed by atoms with E-state index in [9.17, 15) is 4.39 Å². The third-order valence-electron chi connectivity index (χ3n) is 4.60. The van der Waals surface area contributed by atoms with Crippen molar-refractivity contribution in [2.75, 3.05) is 18.0 Å². The summed E-state index contributed by atoms with van der Waals surface area (Å²) in [6.45, 7) is 7.69. The number of pyridine rings is 1. The predicted octanol–water partition coefficient (Wildman–Crippen LogP) is 3.75. The molecule has 3 aromatic rings. The molecule has 0 saturated carbocycles. The number of halogens is 1. The van der Waals surface area contributed by atoms with Crippen LogP contribution in [0.2, 0.25) is 0 Å². The maximum atomic E-state index is 13.5. The van der Waals surface area contributed by atoms with Gasteiger partial charge in [-0.25, -0.2) is 19.3 Å². The van der Waals surface area contributed by atoms with Crippen molar-refractivity contribution in [2.45, 2.75) is 33.0 Å². The quantitative estimate of drug-likeness (QED) is 0.703. The highest BCUT2D eigenvalue weighted by molar-refractivity contribution is 5.82. The van der Waals surface area contributed by atoms with Gasteiger partial charge in [-0.05, 0) is 45.0 Å². The average molecular weight is 352 g/mol. The first-order valence-electron chi connectivity index (χ1n) is 8.80. The number of aromatic nitrogens is 3. The van der Waals surface area contributed by atoms with E-state index in [4.69, 9.17) is 4.74 Å². The maximum Gasteiger partial charge on any atom is 0.161 e. The number of benzene rings is 1. The Kier molecular flexibility index (Phi) is 4.28. The molecule has 134 valence electrons. The lowest BCUT2D eigenvalue weighted by molar-refractivity contribution is -0.00545. The molecule has 0 unspecified atom stereocenters. The fraction of sp³-hybridized carbons (Fsp3) is 0.350. The van der Waals surface area contributed by atoms with Gasteiger partial charge in [0.15, 0.2) is 5.82 Å². The third-order valence-corrected chi connectivity index (χ3v) is 4.60. The number of hydrogen-bond donors (Lipinski definition) is 0. The predicted molar refractivity (Wildman–Crippen MR) is 99.7 cm³/mol. The lowest BCUT2D eigenvalue weighted by Crippen LogP contribution is -2.45. The van der Waals surface area contributed by atoms with Gasteiger partial charge in [0.1, 0.15) is 11.6 Å². The Hall–Kier alpha value is -2.60. The second-order valence-electron chi connectivity index (χ2n) is 6.86. The van der Waals surface area contributed by atoms with Crippen molar-refractivity contribution >= 4 is 16.7 Å². The third kappa shape index (κ3) is 3.24. The van der Waals surface area contributed by atoms with Crippen LogP contribution in [0, 0.1) is 12.7 Å². The maximum absolute atomic E-state index is 13.5. The Labute approximate surface area is 151 Å². The number of rotatable bonds is 2. The van der Waals surface area contributed by atoms with Crippen LogP contribution >= 0.6 is 0 Å². The van der Waals surface area contributed by atoms with Gasteiger partial charge in [-0.1, -0.05) is 0 Å². The zero-order valence-corrected chi connectivity index (χ0v) is 15.1. The molecule has 0 N–H and O–H groups in total. The van der Waals surface area contributed by atoms with Gasteiger partial charge in [-0.2, -0.15) is 0 Å². The topological polar surface area (TPSA) is 51.1 Å². The minimum atomic E-state index is -0.300. The summed E-state index contributed by atoms with van der Waals surface area (Å²) in [4.78, 5) is 15.9. The lowest BCUT2D eigenvalue weighted by atomic mass is 10.1. The van der Waals surface area contributed by atoms with Crippen molar-refractivity contribution in [2.24, 2.45) is 0 Å². The first kappa shape index (κ1) is 16.8. The molecule has 0 radical (unpaired) electrons. The van der Waals surface area contributed by atoms with Crippen molar-refractivity contribution in [3.8, 4) is 11.4 Å². The Bertz CT molecular complexity index is 934. The molecule has 26 heavy (non-hydrogen) atoms. The van der Waals surface area contributed by atoms with Gasteiger partial charge >= 0.3 is 0 Å². The standard InChI is InChI=1S/C20H21FN4O/c1-12-10-25(11-13(2)26-12)19-7-4-15(9-22-19)20-23-14(3)17-6-5-16(21)8-18(17)24-20/h4-9,12-13H,10-11H2,1-3H3/t12-,13+. The van der Waals surface area contributed by atoms with E-state index in [-0.39, 0.29) is 18.0 Å². The van der Waals surface area contributed by atoms with E-state index in [0.29, 0.717) is 11.3 Å². The molecule has 1 aliphatic heterocycles. The van der Waals surface area contributed by atoms with Crippen LogP contribution in [0.4, 0.5) is 10.2 Å². The van der Waals surface area contributed by atoms with E-state index < -0.39 is 0 Å². The summed E-state index contributed by atoms with van der Waals surface area (Å²) in [5.74, 6) is 1.17. The fourth-order valence-corrected chi connectivity index (χ4v) is 3.46. The number of anilines is 1. The highest BCUT2D eigenvalue weighted by Gasteiger charge is 2.23. The van der Waals surface area contributed by atoms with Crippen LogP contribution in [-0.2, 0) is 4.74 Å². The summed E-state index contributed by atoms with van der Waals surface area (Å²) in [5, 5.41) is 0.857. The Balaban J connectivity index is 1.65. The second kappa shape index (κ2) is 6.61. The van der Waals surface area contributed by atoms with E-state index >= 15 is 0 Å². The molecule has 0 aliphatic carbocycles. The van der Waals surface area contributed by atoms with E-state index in [0.717, 1.165) is 35.6 Å². The van der Waals surface area contributed by atoms with Crippen molar-refractivity contribution in [1.82, 2.24) is 15.0 Å². The Morgan fingerprint density at radius 2 is 1.85 bits per heavy atom. The molecule has 1 aliphatic rings. The van der Waals surface area contributed by atoms with Crippen LogP contribution in [0.15, 0.2) is 36.5 Å². The van der Waals surface area contributed by atoms with E-state index in [1.54, 1.807) is 12.3 Å². The van der Waals surface area contributed by atoms with Gasteiger partial charge in [-0.15, -0.1) is 0 Å². The first-order chi connectivity index (χ1) is 12.5. The molecule has 2 atom stereocenters. The SMILES string of the molecule is Cc1nc(-c2ccc(N3C[C@@H](C)O[C@@H](C)C3)nc2)nc2cc(F)ccc12. The number of hydrogen-bond acceptors (Lipinski definition) is 5. The molecule has 2 aromatic heterocycles. The van der Waals surface area contributed by atoms with E-state index in [1.807, 2.05) is 19.1 Å². The number of ether oxygens (including phenoxy) is 1. The van der Waals surface area contributed by atoms with Gasteiger partial charge in [0.2, 0.25) is 0 Å². The number of nitrogens with zero attached hydrogens (tertiary/aromatic N) is 4.